The summed E-state index contributed by atoms with van der Waals surface area (Å²) < 4.78 is 5.53. The van der Waals surface area contributed by atoms with Gasteiger partial charge in [0.15, 0.2) is 5.13 Å². The van der Waals surface area contributed by atoms with Crippen LogP contribution < -0.4 is 10.6 Å². The molecule has 23 heavy (non-hydrogen) atoms. The molecule has 1 aliphatic rings. The van der Waals surface area contributed by atoms with Crippen LogP contribution in [0.2, 0.25) is 5.02 Å². The molecule has 1 aliphatic heterocycles. The maximum Gasteiger partial charge on any atom is 0.275 e. The van der Waals surface area contributed by atoms with Gasteiger partial charge < -0.3 is 20.5 Å². The van der Waals surface area contributed by atoms with Gasteiger partial charge in [-0.15, -0.1) is 11.3 Å². The lowest BCUT2D eigenvalue weighted by atomic mass is 10.2. The van der Waals surface area contributed by atoms with Gasteiger partial charge >= 0.3 is 0 Å². The fourth-order valence-corrected chi connectivity index (χ4v) is 3.13. The van der Waals surface area contributed by atoms with Gasteiger partial charge in [-0.05, 0) is 31.0 Å². The lowest BCUT2D eigenvalue weighted by Crippen LogP contribution is -2.18. The van der Waals surface area contributed by atoms with Crippen molar-refractivity contribution in [1.82, 2.24) is 4.98 Å². The number of halogens is 1. The number of aromatic nitrogens is 1. The summed E-state index contributed by atoms with van der Waals surface area (Å²) in [5.74, 6) is -0.446. The first-order valence-electron chi connectivity index (χ1n) is 7.22. The SMILES string of the molecule is O=C(Nc1cc(Cl)ccc1O)c1csc(NC[C@H]2CCCO2)n1. The van der Waals surface area contributed by atoms with E-state index in [0.29, 0.717) is 16.7 Å². The average Bonchev–Trinajstić information content (AvgIpc) is 3.20. The monoisotopic (exact) mass is 353 g/mol. The number of amides is 1. The number of thiazole rings is 1. The number of hydrogen-bond acceptors (Lipinski definition) is 6. The number of aromatic hydroxyl groups is 1. The number of anilines is 2. The minimum Gasteiger partial charge on any atom is -0.506 e. The molecule has 0 unspecified atom stereocenters. The third-order valence-electron chi connectivity index (χ3n) is 3.45. The summed E-state index contributed by atoms with van der Waals surface area (Å²) in [5, 5.41) is 18.3. The quantitative estimate of drug-likeness (QED) is 0.718. The van der Waals surface area contributed by atoms with Crippen molar-refractivity contribution >= 4 is 39.7 Å². The zero-order valence-electron chi connectivity index (χ0n) is 12.2. The number of benzene rings is 1. The summed E-state index contributed by atoms with van der Waals surface area (Å²) >= 11 is 7.21. The largest absolute Gasteiger partial charge is 0.506 e. The summed E-state index contributed by atoms with van der Waals surface area (Å²) in [4.78, 5) is 16.4. The van der Waals surface area contributed by atoms with E-state index >= 15 is 0 Å². The fourth-order valence-electron chi connectivity index (χ4n) is 2.26. The molecule has 2 aromatic rings. The molecule has 1 aromatic heterocycles. The topological polar surface area (TPSA) is 83.5 Å². The first-order valence-corrected chi connectivity index (χ1v) is 8.48. The van der Waals surface area contributed by atoms with Gasteiger partial charge in [0, 0.05) is 23.6 Å². The van der Waals surface area contributed by atoms with Crippen molar-refractivity contribution in [3.63, 3.8) is 0 Å². The van der Waals surface area contributed by atoms with Gasteiger partial charge in [0.25, 0.3) is 5.91 Å². The molecule has 0 radical (unpaired) electrons. The van der Waals surface area contributed by atoms with Crippen LogP contribution in [0.5, 0.6) is 5.75 Å². The van der Waals surface area contributed by atoms with Gasteiger partial charge in [-0.3, -0.25) is 4.79 Å². The number of ether oxygens (including phenoxy) is 1. The molecule has 2 heterocycles. The predicted octanol–water partition coefficient (Wildman–Crippen LogP) is 3.35. The summed E-state index contributed by atoms with van der Waals surface area (Å²) in [5.41, 5.74) is 0.536. The van der Waals surface area contributed by atoms with E-state index in [-0.39, 0.29) is 23.2 Å². The molecule has 1 amide bonds. The highest BCUT2D eigenvalue weighted by Gasteiger charge is 2.17. The van der Waals surface area contributed by atoms with Crippen LogP contribution in [0.4, 0.5) is 10.8 Å². The van der Waals surface area contributed by atoms with E-state index in [1.807, 2.05) is 0 Å². The smallest absolute Gasteiger partial charge is 0.275 e. The lowest BCUT2D eigenvalue weighted by molar-refractivity contribution is 0.102. The molecule has 0 saturated carbocycles. The maximum absolute atomic E-state index is 12.2. The summed E-state index contributed by atoms with van der Waals surface area (Å²) in [6.07, 6.45) is 2.33. The maximum atomic E-state index is 12.2. The molecule has 1 fully saturated rings. The fraction of sp³-hybridized carbons (Fsp3) is 0.333. The molecule has 1 aromatic carbocycles. The molecule has 1 saturated heterocycles. The second-order valence-corrected chi connectivity index (χ2v) is 6.46. The van der Waals surface area contributed by atoms with Crippen molar-refractivity contribution in [3.8, 4) is 5.75 Å². The van der Waals surface area contributed by atoms with Crippen LogP contribution >= 0.6 is 22.9 Å². The van der Waals surface area contributed by atoms with E-state index in [1.165, 1.54) is 23.5 Å². The Labute approximate surface area is 142 Å². The van der Waals surface area contributed by atoms with Crippen molar-refractivity contribution in [1.29, 1.82) is 0 Å². The highest BCUT2D eigenvalue weighted by atomic mass is 35.5. The van der Waals surface area contributed by atoms with Crippen LogP contribution in [0.15, 0.2) is 23.6 Å². The third kappa shape index (κ3) is 4.13. The van der Waals surface area contributed by atoms with Crippen molar-refractivity contribution < 1.29 is 14.6 Å². The van der Waals surface area contributed by atoms with Gasteiger partial charge in [-0.1, -0.05) is 11.6 Å². The van der Waals surface area contributed by atoms with Crippen molar-refractivity contribution in [2.45, 2.75) is 18.9 Å². The second-order valence-electron chi connectivity index (χ2n) is 5.17. The molecular formula is C15H16ClN3O3S. The third-order valence-corrected chi connectivity index (χ3v) is 4.48. The van der Waals surface area contributed by atoms with Gasteiger partial charge in [-0.25, -0.2) is 4.98 Å². The Morgan fingerprint density at radius 1 is 1.52 bits per heavy atom. The van der Waals surface area contributed by atoms with E-state index in [4.69, 9.17) is 16.3 Å². The van der Waals surface area contributed by atoms with Gasteiger partial charge in [-0.2, -0.15) is 0 Å². The molecule has 3 rings (SSSR count). The number of nitrogens with one attached hydrogen (secondary N) is 2. The minimum atomic E-state index is -0.399. The van der Waals surface area contributed by atoms with Crippen molar-refractivity contribution in [2.24, 2.45) is 0 Å². The molecule has 0 bridgehead atoms. The second kappa shape index (κ2) is 7.16. The van der Waals surface area contributed by atoms with E-state index in [2.05, 4.69) is 15.6 Å². The number of rotatable bonds is 5. The standard InChI is InChI=1S/C15H16ClN3O3S/c16-9-3-4-13(20)11(6-9)18-14(21)12-8-23-15(19-12)17-7-10-2-1-5-22-10/h3-4,6,8,10,20H,1-2,5,7H2,(H,17,19)(H,18,21)/t10-/m1/s1. The molecule has 122 valence electrons. The van der Waals surface area contributed by atoms with E-state index in [1.54, 1.807) is 11.4 Å². The lowest BCUT2D eigenvalue weighted by Gasteiger charge is -2.09. The Morgan fingerprint density at radius 2 is 2.39 bits per heavy atom. The van der Waals surface area contributed by atoms with Crippen LogP contribution in [0.1, 0.15) is 23.3 Å². The van der Waals surface area contributed by atoms with E-state index in [9.17, 15) is 9.90 Å². The van der Waals surface area contributed by atoms with Gasteiger partial charge in [0.1, 0.15) is 11.4 Å². The van der Waals surface area contributed by atoms with Gasteiger partial charge in [0.2, 0.25) is 0 Å². The first kappa shape index (κ1) is 16.0. The summed E-state index contributed by atoms with van der Waals surface area (Å²) in [6, 6.07) is 4.45. The van der Waals surface area contributed by atoms with Crippen LogP contribution in [-0.2, 0) is 4.74 Å². The van der Waals surface area contributed by atoms with Crippen molar-refractivity contribution in [3.05, 3.63) is 34.3 Å². The Hall–Kier alpha value is -1.83. The average molecular weight is 354 g/mol. The van der Waals surface area contributed by atoms with Crippen LogP contribution in [0.25, 0.3) is 0 Å². The zero-order valence-corrected chi connectivity index (χ0v) is 13.8. The van der Waals surface area contributed by atoms with Crippen LogP contribution in [0.3, 0.4) is 0 Å². The number of nitrogens with zero attached hydrogens (tertiary/aromatic N) is 1. The van der Waals surface area contributed by atoms with Crippen molar-refractivity contribution in [2.75, 3.05) is 23.8 Å². The molecular weight excluding hydrogens is 338 g/mol. The highest BCUT2D eigenvalue weighted by Crippen LogP contribution is 2.27. The Morgan fingerprint density at radius 3 is 3.17 bits per heavy atom. The van der Waals surface area contributed by atoms with Gasteiger partial charge in [0.05, 0.1) is 11.8 Å². The normalized spacial score (nSPS) is 17.2. The number of carbonyl (C=O) groups excluding carboxylic acids is 1. The molecule has 8 heteroatoms. The molecule has 1 atom stereocenters. The number of phenolic OH excluding ortho intramolecular Hbond substituents is 1. The highest BCUT2D eigenvalue weighted by molar-refractivity contribution is 7.13. The number of carbonyl (C=O) groups is 1. The first-order chi connectivity index (χ1) is 11.1. The zero-order chi connectivity index (χ0) is 16.2. The summed E-state index contributed by atoms with van der Waals surface area (Å²) in [7, 11) is 0. The molecule has 0 aliphatic carbocycles. The summed E-state index contributed by atoms with van der Waals surface area (Å²) in [6.45, 7) is 1.49. The Kier molecular flexibility index (Phi) is 5.00. The predicted molar refractivity (Wildman–Crippen MR) is 90.6 cm³/mol. The number of phenols is 1. The molecule has 6 nitrogen and oxygen atoms in total. The minimum absolute atomic E-state index is 0.0466. The van der Waals surface area contributed by atoms with Crippen LogP contribution in [0, 0.1) is 0 Å². The molecule has 3 N–H and O–H groups in total. The molecule has 0 spiro atoms. The van der Waals surface area contributed by atoms with E-state index < -0.39 is 5.91 Å². The Balaban J connectivity index is 1.60. The number of hydrogen-bond donors (Lipinski definition) is 3. The van der Waals surface area contributed by atoms with Crippen LogP contribution in [-0.4, -0.2) is 35.3 Å². The van der Waals surface area contributed by atoms with E-state index in [0.717, 1.165) is 19.4 Å². The Bertz CT molecular complexity index is 701.